The van der Waals surface area contributed by atoms with E-state index in [2.05, 4.69) is 15.3 Å². The molecule has 1 unspecified atom stereocenters. The molecule has 1 N–H and O–H groups in total. The average Bonchev–Trinajstić information content (AvgIpc) is 3.26. The molecule has 27 heavy (non-hydrogen) atoms. The number of oxazole rings is 1. The minimum absolute atomic E-state index is 0.0272. The van der Waals surface area contributed by atoms with Crippen molar-refractivity contribution < 1.29 is 23.1 Å². The predicted molar refractivity (Wildman–Crippen MR) is 93.6 cm³/mol. The van der Waals surface area contributed by atoms with Crippen molar-refractivity contribution in [1.29, 1.82) is 0 Å². The zero-order chi connectivity index (χ0) is 19.3. The smallest absolute Gasteiger partial charge is 0.302 e. The van der Waals surface area contributed by atoms with Crippen LogP contribution in [0.3, 0.4) is 0 Å². The van der Waals surface area contributed by atoms with Gasteiger partial charge in [-0.25, -0.2) is 9.37 Å². The SMILES string of the molecule is COc1cc2nc(NC(=O)Cn3cnc4c3C(=O)C(C)N4C)oc2cc1F. The third kappa shape index (κ3) is 2.69. The number of methoxy groups -OCH3 is 1. The molecule has 0 aliphatic carbocycles. The van der Waals surface area contributed by atoms with Crippen molar-refractivity contribution in [3.63, 3.8) is 0 Å². The van der Waals surface area contributed by atoms with E-state index >= 15 is 0 Å². The molecule has 1 amide bonds. The zero-order valence-electron chi connectivity index (χ0n) is 14.8. The maximum Gasteiger partial charge on any atom is 0.302 e. The number of halogens is 1. The largest absolute Gasteiger partial charge is 0.494 e. The minimum Gasteiger partial charge on any atom is -0.494 e. The number of nitrogens with zero attached hydrogens (tertiary/aromatic N) is 4. The van der Waals surface area contributed by atoms with Gasteiger partial charge >= 0.3 is 6.01 Å². The summed E-state index contributed by atoms with van der Waals surface area (Å²) in [6.07, 6.45) is 1.44. The summed E-state index contributed by atoms with van der Waals surface area (Å²) in [6, 6.07) is 2.12. The summed E-state index contributed by atoms with van der Waals surface area (Å²) in [6.45, 7) is 1.64. The van der Waals surface area contributed by atoms with Gasteiger partial charge in [-0.1, -0.05) is 0 Å². The number of aromatic nitrogens is 3. The molecule has 2 aromatic heterocycles. The van der Waals surface area contributed by atoms with Crippen LogP contribution in [0, 0.1) is 5.82 Å². The molecular formula is C17H16FN5O4. The van der Waals surface area contributed by atoms with Crippen molar-refractivity contribution in [1.82, 2.24) is 14.5 Å². The monoisotopic (exact) mass is 373 g/mol. The number of carbonyl (C=O) groups excluding carboxylic acids is 2. The summed E-state index contributed by atoms with van der Waals surface area (Å²) >= 11 is 0. The average molecular weight is 373 g/mol. The molecule has 10 heteroatoms. The lowest BCUT2D eigenvalue weighted by Crippen LogP contribution is -2.29. The van der Waals surface area contributed by atoms with Crippen molar-refractivity contribution in [2.75, 3.05) is 24.4 Å². The van der Waals surface area contributed by atoms with Crippen molar-refractivity contribution in [3.8, 4) is 5.75 Å². The number of hydrogen-bond acceptors (Lipinski definition) is 7. The highest BCUT2D eigenvalue weighted by molar-refractivity contribution is 6.08. The number of anilines is 2. The van der Waals surface area contributed by atoms with E-state index in [-0.39, 0.29) is 35.7 Å². The fourth-order valence-corrected chi connectivity index (χ4v) is 3.01. The second kappa shape index (κ2) is 6.08. The molecule has 140 valence electrons. The molecule has 1 atom stereocenters. The number of benzene rings is 1. The van der Waals surface area contributed by atoms with Gasteiger partial charge in [-0.2, -0.15) is 4.98 Å². The summed E-state index contributed by atoms with van der Waals surface area (Å²) in [7, 11) is 3.12. The summed E-state index contributed by atoms with van der Waals surface area (Å²) in [5.74, 6) is -0.569. The first-order chi connectivity index (χ1) is 12.9. The van der Waals surface area contributed by atoms with Gasteiger partial charge in [0.2, 0.25) is 11.7 Å². The maximum atomic E-state index is 13.7. The van der Waals surface area contributed by atoms with Gasteiger partial charge in [0.25, 0.3) is 0 Å². The number of ether oxygens (including phenoxy) is 1. The van der Waals surface area contributed by atoms with Gasteiger partial charge in [-0.3, -0.25) is 14.9 Å². The minimum atomic E-state index is -0.593. The highest BCUT2D eigenvalue weighted by Gasteiger charge is 2.36. The van der Waals surface area contributed by atoms with Crippen LogP contribution in [0.2, 0.25) is 0 Å². The van der Waals surface area contributed by atoms with Gasteiger partial charge < -0.3 is 18.6 Å². The van der Waals surface area contributed by atoms with Crippen molar-refractivity contribution >= 4 is 34.6 Å². The Morgan fingerprint density at radius 2 is 2.22 bits per heavy atom. The van der Waals surface area contributed by atoms with E-state index in [1.165, 1.54) is 24.1 Å². The zero-order valence-corrected chi connectivity index (χ0v) is 14.8. The van der Waals surface area contributed by atoms with Crippen molar-refractivity contribution in [3.05, 3.63) is 30.0 Å². The lowest BCUT2D eigenvalue weighted by atomic mass is 10.2. The molecule has 4 rings (SSSR count). The fourth-order valence-electron chi connectivity index (χ4n) is 3.01. The fraction of sp³-hybridized carbons (Fsp3) is 0.294. The number of hydrogen-bond donors (Lipinski definition) is 1. The number of imidazole rings is 1. The number of rotatable bonds is 4. The van der Waals surface area contributed by atoms with Gasteiger partial charge in [-0.15, -0.1) is 0 Å². The van der Waals surface area contributed by atoms with Crippen LogP contribution in [0.1, 0.15) is 17.4 Å². The molecule has 0 bridgehead atoms. The summed E-state index contributed by atoms with van der Waals surface area (Å²) in [5, 5.41) is 2.50. The third-order valence-corrected chi connectivity index (χ3v) is 4.57. The van der Waals surface area contributed by atoms with Crippen LogP contribution in [0.15, 0.2) is 22.9 Å². The van der Waals surface area contributed by atoms with E-state index < -0.39 is 11.7 Å². The first kappa shape index (κ1) is 17.0. The van der Waals surface area contributed by atoms with Crippen LogP contribution < -0.4 is 15.0 Å². The van der Waals surface area contributed by atoms with Gasteiger partial charge in [-0.05, 0) is 6.92 Å². The molecule has 0 saturated carbocycles. The number of likely N-dealkylation sites (N-methyl/N-ethyl adjacent to an activating group) is 1. The topological polar surface area (TPSA) is 102 Å². The second-order valence-corrected chi connectivity index (χ2v) is 6.22. The molecule has 1 aliphatic rings. The molecule has 0 radical (unpaired) electrons. The van der Waals surface area contributed by atoms with E-state index in [0.29, 0.717) is 17.0 Å². The molecule has 0 fully saturated rings. The Morgan fingerprint density at radius 3 is 2.96 bits per heavy atom. The highest BCUT2D eigenvalue weighted by Crippen LogP contribution is 2.29. The highest BCUT2D eigenvalue weighted by atomic mass is 19.1. The van der Waals surface area contributed by atoms with Crippen LogP contribution in [0.4, 0.5) is 16.2 Å². The summed E-state index contributed by atoms with van der Waals surface area (Å²) in [4.78, 5) is 34.7. The van der Waals surface area contributed by atoms with Crippen molar-refractivity contribution in [2.45, 2.75) is 19.5 Å². The van der Waals surface area contributed by atoms with E-state index in [9.17, 15) is 14.0 Å². The summed E-state index contributed by atoms with van der Waals surface area (Å²) < 4.78 is 25.4. The molecular weight excluding hydrogens is 357 g/mol. The van der Waals surface area contributed by atoms with Crippen LogP contribution in [-0.4, -0.2) is 46.4 Å². The number of ketones is 1. The Kier molecular flexibility index (Phi) is 3.83. The molecule has 0 spiro atoms. The number of fused-ring (bicyclic) bond motifs is 2. The molecule has 3 aromatic rings. The lowest BCUT2D eigenvalue weighted by Gasteiger charge is -2.14. The Bertz CT molecular complexity index is 1070. The van der Waals surface area contributed by atoms with E-state index in [0.717, 1.165) is 6.07 Å². The maximum absolute atomic E-state index is 13.7. The Labute approximate surface area is 152 Å². The predicted octanol–water partition coefficient (Wildman–Crippen LogP) is 1.83. The lowest BCUT2D eigenvalue weighted by molar-refractivity contribution is -0.116. The standard InChI is InChI=1S/C17H16FN5O4/c1-8-15(25)14-16(22(8)2)19-7-23(14)6-13(24)21-17-20-10-5-11(26-3)9(18)4-12(10)27-17/h4-5,7-8H,6H2,1-3H3,(H,20,21,24). The first-order valence-electron chi connectivity index (χ1n) is 8.15. The molecule has 0 saturated heterocycles. The van der Waals surface area contributed by atoms with Crippen molar-refractivity contribution in [2.24, 2.45) is 0 Å². The molecule has 9 nitrogen and oxygen atoms in total. The van der Waals surface area contributed by atoms with E-state index in [1.54, 1.807) is 18.9 Å². The van der Waals surface area contributed by atoms with E-state index in [4.69, 9.17) is 9.15 Å². The van der Waals surface area contributed by atoms with Gasteiger partial charge in [0.05, 0.1) is 19.5 Å². The Balaban J connectivity index is 1.54. The molecule has 1 aliphatic heterocycles. The summed E-state index contributed by atoms with van der Waals surface area (Å²) in [5.41, 5.74) is 0.917. The van der Waals surface area contributed by atoms with Crippen LogP contribution in [-0.2, 0) is 11.3 Å². The van der Waals surface area contributed by atoms with Crippen LogP contribution in [0.25, 0.3) is 11.1 Å². The number of nitrogens with one attached hydrogen (secondary N) is 1. The van der Waals surface area contributed by atoms with E-state index in [1.807, 2.05) is 0 Å². The second-order valence-electron chi connectivity index (χ2n) is 6.22. The van der Waals surface area contributed by atoms with Crippen LogP contribution >= 0.6 is 0 Å². The van der Waals surface area contributed by atoms with Crippen LogP contribution in [0.5, 0.6) is 5.75 Å². The number of Topliss-reactive ketones (excluding diaryl/α,β-unsaturated/α-hetero) is 1. The van der Waals surface area contributed by atoms with Gasteiger partial charge in [0.1, 0.15) is 17.8 Å². The Hall–Kier alpha value is -3.43. The molecule has 1 aromatic carbocycles. The number of amides is 1. The normalized spacial score (nSPS) is 16.1. The third-order valence-electron chi connectivity index (χ3n) is 4.57. The molecule has 3 heterocycles. The quantitative estimate of drug-likeness (QED) is 0.744. The van der Waals surface area contributed by atoms with Gasteiger partial charge in [0, 0.05) is 19.2 Å². The first-order valence-corrected chi connectivity index (χ1v) is 8.15. The number of carbonyl (C=O) groups is 2. The van der Waals surface area contributed by atoms with Gasteiger partial charge in [0.15, 0.2) is 23.0 Å². The Morgan fingerprint density at radius 1 is 1.44 bits per heavy atom.